The first-order chi connectivity index (χ1) is 11.1. The molecule has 1 aliphatic carbocycles. The van der Waals surface area contributed by atoms with E-state index < -0.39 is 0 Å². The van der Waals surface area contributed by atoms with Gasteiger partial charge in [0.2, 0.25) is 0 Å². The van der Waals surface area contributed by atoms with Crippen LogP contribution in [0, 0.1) is 11.8 Å². The molecule has 2 aliphatic heterocycles. The van der Waals surface area contributed by atoms with E-state index in [1.807, 2.05) is 11.8 Å². The van der Waals surface area contributed by atoms with Gasteiger partial charge in [-0.2, -0.15) is 0 Å². The Bertz CT molecular complexity index is 373. The molecule has 1 saturated carbocycles. The van der Waals surface area contributed by atoms with Gasteiger partial charge >= 0.3 is 0 Å². The van der Waals surface area contributed by atoms with Crippen LogP contribution in [-0.2, 0) is 4.74 Å². The lowest BCUT2D eigenvalue weighted by atomic mass is 9.84. The Morgan fingerprint density at radius 3 is 2.74 bits per heavy atom. The zero-order chi connectivity index (χ0) is 16.2. The van der Waals surface area contributed by atoms with Crippen molar-refractivity contribution in [3.05, 3.63) is 0 Å². The van der Waals surface area contributed by atoms with Crippen LogP contribution in [0.4, 0.5) is 0 Å². The second-order valence-electron chi connectivity index (χ2n) is 6.97. The maximum absolute atomic E-state index is 6.65. The molecule has 0 bridgehead atoms. The molecule has 0 amide bonds. The van der Waals surface area contributed by atoms with Gasteiger partial charge in [-0.1, -0.05) is 0 Å². The third kappa shape index (κ3) is 5.29. The van der Waals surface area contributed by atoms with Gasteiger partial charge in [-0.3, -0.25) is 4.90 Å². The summed E-state index contributed by atoms with van der Waals surface area (Å²) in [5.41, 5.74) is 0. The highest BCUT2D eigenvalue weighted by Gasteiger charge is 2.37. The molecule has 2 heterocycles. The zero-order valence-electron chi connectivity index (χ0n) is 13.4. The maximum atomic E-state index is 6.65. The van der Waals surface area contributed by atoms with Gasteiger partial charge in [-0.15, -0.1) is 46.6 Å². The van der Waals surface area contributed by atoms with E-state index in [9.17, 15) is 0 Å². The standard InChI is InChI=1S/C16H27Cl3N2OS/c17-12-1-2-13(14(18)7-12)15(8-21-5-4-20-10-21)22-9-11-3-6-23-16(11)19/h11-16,20H,1-10H2/t11?,12?,13?,14?,15-,16?/m0/s1. The van der Waals surface area contributed by atoms with E-state index in [1.165, 1.54) is 0 Å². The highest BCUT2D eigenvalue weighted by molar-refractivity contribution is 8.01. The van der Waals surface area contributed by atoms with Crippen molar-refractivity contribution in [1.29, 1.82) is 0 Å². The van der Waals surface area contributed by atoms with Crippen LogP contribution < -0.4 is 5.32 Å². The molecular formula is C16H27Cl3N2OS. The minimum atomic E-state index is 0.122. The largest absolute Gasteiger partial charge is 0.376 e. The van der Waals surface area contributed by atoms with Crippen molar-refractivity contribution in [2.75, 3.05) is 38.7 Å². The minimum Gasteiger partial charge on any atom is -0.376 e. The third-order valence-electron chi connectivity index (χ3n) is 5.28. The fraction of sp³-hybridized carbons (Fsp3) is 1.00. The van der Waals surface area contributed by atoms with Crippen LogP contribution in [0.1, 0.15) is 25.7 Å². The van der Waals surface area contributed by atoms with Gasteiger partial charge in [0.1, 0.15) is 0 Å². The van der Waals surface area contributed by atoms with Gasteiger partial charge in [-0.05, 0) is 31.4 Å². The Morgan fingerprint density at radius 2 is 2.09 bits per heavy atom. The first-order valence-electron chi connectivity index (χ1n) is 8.72. The Kier molecular flexibility index (Phi) is 7.52. The van der Waals surface area contributed by atoms with Crippen molar-refractivity contribution in [3.8, 4) is 0 Å². The molecule has 0 aromatic rings. The number of thioether (sulfide) groups is 1. The summed E-state index contributed by atoms with van der Waals surface area (Å²) in [4.78, 5) is 2.43. The topological polar surface area (TPSA) is 24.5 Å². The smallest absolute Gasteiger partial charge is 0.0839 e. The van der Waals surface area contributed by atoms with Crippen LogP contribution in [0.15, 0.2) is 0 Å². The molecule has 3 nitrogen and oxygen atoms in total. The fourth-order valence-electron chi connectivity index (χ4n) is 3.79. The Labute approximate surface area is 159 Å². The number of nitrogens with one attached hydrogen (secondary N) is 1. The van der Waals surface area contributed by atoms with Crippen LogP contribution in [0.5, 0.6) is 0 Å². The van der Waals surface area contributed by atoms with Gasteiger partial charge in [0.15, 0.2) is 0 Å². The summed E-state index contributed by atoms with van der Waals surface area (Å²) in [7, 11) is 0. The van der Waals surface area contributed by atoms with E-state index in [4.69, 9.17) is 39.5 Å². The summed E-state index contributed by atoms with van der Waals surface area (Å²) in [6.07, 6.45) is 4.36. The lowest BCUT2D eigenvalue weighted by molar-refractivity contribution is -0.0287. The SMILES string of the molecule is ClC1CCC([C@H](CN2CCNC2)OCC2CCSC2Cl)C(Cl)C1. The number of ether oxygens (including phenoxy) is 1. The molecule has 0 spiro atoms. The predicted molar refractivity (Wildman–Crippen MR) is 101 cm³/mol. The van der Waals surface area contributed by atoms with E-state index in [0.29, 0.717) is 11.8 Å². The van der Waals surface area contributed by atoms with Crippen molar-refractivity contribution in [2.24, 2.45) is 11.8 Å². The van der Waals surface area contributed by atoms with Crippen molar-refractivity contribution in [1.82, 2.24) is 10.2 Å². The second kappa shape index (κ2) is 9.16. The number of rotatable bonds is 6. The molecule has 23 heavy (non-hydrogen) atoms. The van der Waals surface area contributed by atoms with Crippen LogP contribution >= 0.6 is 46.6 Å². The van der Waals surface area contributed by atoms with E-state index >= 15 is 0 Å². The van der Waals surface area contributed by atoms with Crippen molar-refractivity contribution < 1.29 is 4.74 Å². The van der Waals surface area contributed by atoms with Gasteiger partial charge in [0, 0.05) is 48.9 Å². The Morgan fingerprint density at radius 1 is 1.22 bits per heavy atom. The molecule has 6 atom stereocenters. The van der Waals surface area contributed by atoms with E-state index in [1.54, 1.807) is 0 Å². The molecule has 5 unspecified atom stereocenters. The number of hydrogen-bond donors (Lipinski definition) is 1. The Hall–Kier alpha value is 1.10. The molecule has 0 aromatic carbocycles. The summed E-state index contributed by atoms with van der Waals surface area (Å²) in [6, 6.07) is 0. The summed E-state index contributed by atoms with van der Waals surface area (Å²) < 4.78 is 6.61. The van der Waals surface area contributed by atoms with Crippen LogP contribution in [0.2, 0.25) is 0 Å². The average molecular weight is 402 g/mol. The monoisotopic (exact) mass is 400 g/mol. The molecule has 134 valence electrons. The summed E-state index contributed by atoms with van der Waals surface area (Å²) in [5, 5.41) is 3.74. The van der Waals surface area contributed by atoms with Crippen molar-refractivity contribution in [3.63, 3.8) is 0 Å². The third-order valence-corrected chi connectivity index (χ3v) is 8.08. The first kappa shape index (κ1) is 18.9. The van der Waals surface area contributed by atoms with E-state index in [-0.39, 0.29) is 21.6 Å². The normalized spacial score (nSPS) is 40.6. The van der Waals surface area contributed by atoms with Crippen molar-refractivity contribution >= 4 is 46.6 Å². The molecule has 3 aliphatic rings. The summed E-state index contributed by atoms with van der Waals surface area (Å²) in [6.45, 7) is 4.83. The zero-order valence-corrected chi connectivity index (χ0v) is 16.5. The van der Waals surface area contributed by atoms with Crippen LogP contribution in [0.25, 0.3) is 0 Å². The van der Waals surface area contributed by atoms with Gasteiger partial charge in [0.05, 0.1) is 17.4 Å². The molecule has 7 heteroatoms. The lowest BCUT2D eigenvalue weighted by Gasteiger charge is -2.37. The highest BCUT2D eigenvalue weighted by Crippen LogP contribution is 2.38. The molecule has 3 fully saturated rings. The average Bonchev–Trinajstić information content (AvgIpc) is 3.16. The number of hydrogen-bond acceptors (Lipinski definition) is 4. The van der Waals surface area contributed by atoms with Crippen LogP contribution in [0.3, 0.4) is 0 Å². The first-order valence-corrected chi connectivity index (χ1v) is 11.1. The van der Waals surface area contributed by atoms with Gasteiger partial charge < -0.3 is 10.1 Å². The molecular weight excluding hydrogens is 375 g/mol. The Balaban J connectivity index is 1.58. The maximum Gasteiger partial charge on any atom is 0.0839 e. The molecule has 0 radical (unpaired) electrons. The quantitative estimate of drug-likeness (QED) is 0.688. The molecule has 3 rings (SSSR count). The van der Waals surface area contributed by atoms with Gasteiger partial charge in [0.25, 0.3) is 0 Å². The van der Waals surface area contributed by atoms with E-state index in [0.717, 1.165) is 64.3 Å². The van der Waals surface area contributed by atoms with Gasteiger partial charge in [-0.25, -0.2) is 0 Å². The number of alkyl halides is 3. The van der Waals surface area contributed by atoms with Crippen LogP contribution in [-0.4, -0.2) is 65.1 Å². The van der Waals surface area contributed by atoms with Crippen molar-refractivity contribution in [2.45, 2.75) is 47.3 Å². The second-order valence-corrected chi connectivity index (χ2v) is 10.1. The summed E-state index contributed by atoms with van der Waals surface area (Å²) in [5.74, 6) is 2.02. The minimum absolute atomic E-state index is 0.122. The lowest BCUT2D eigenvalue weighted by Crippen LogP contribution is -2.44. The number of nitrogens with zero attached hydrogens (tertiary/aromatic N) is 1. The highest BCUT2D eigenvalue weighted by atomic mass is 35.5. The number of halogens is 3. The molecule has 0 aromatic heterocycles. The predicted octanol–water partition coefficient (Wildman–Crippen LogP) is 3.57. The fourth-order valence-corrected chi connectivity index (χ4v) is 6.32. The van der Waals surface area contributed by atoms with E-state index in [2.05, 4.69) is 10.2 Å². The summed E-state index contributed by atoms with van der Waals surface area (Å²) >= 11 is 21.2. The molecule has 2 saturated heterocycles. The molecule has 1 N–H and O–H groups in total.